The fourth-order valence-corrected chi connectivity index (χ4v) is 4.60. The third-order valence-corrected chi connectivity index (χ3v) is 6.96. The summed E-state index contributed by atoms with van der Waals surface area (Å²) in [6.45, 7) is 0.222. The molecule has 3 amide bonds. The molecular formula is C31H29Cl2N5O3. The Hall–Kier alpha value is -4.40. The molecule has 8 nitrogen and oxygen atoms in total. The molecule has 4 rings (SSSR count). The van der Waals surface area contributed by atoms with E-state index in [0.717, 1.165) is 16.7 Å². The molecule has 0 bridgehead atoms. The quantitative estimate of drug-likeness (QED) is 0.208. The van der Waals surface area contributed by atoms with E-state index in [-0.39, 0.29) is 31.2 Å². The van der Waals surface area contributed by atoms with Crippen molar-refractivity contribution in [3.8, 4) is 0 Å². The maximum Gasteiger partial charge on any atom is 0.243 e. The molecule has 3 aromatic carbocycles. The van der Waals surface area contributed by atoms with E-state index in [2.05, 4.69) is 15.6 Å². The number of amides is 3. The predicted molar refractivity (Wildman–Crippen MR) is 160 cm³/mol. The first kappa shape index (κ1) is 29.6. The zero-order valence-corrected chi connectivity index (χ0v) is 23.5. The van der Waals surface area contributed by atoms with Crippen LogP contribution in [0.25, 0.3) is 0 Å². The summed E-state index contributed by atoms with van der Waals surface area (Å²) in [5, 5.41) is 6.93. The van der Waals surface area contributed by atoms with Gasteiger partial charge in [0.1, 0.15) is 11.9 Å². The Kier molecular flexibility index (Phi) is 9.95. The summed E-state index contributed by atoms with van der Waals surface area (Å²) >= 11 is 12.2. The molecule has 6 N–H and O–H groups in total. The number of nitrogens with zero attached hydrogens (tertiary/aromatic N) is 1. The van der Waals surface area contributed by atoms with Gasteiger partial charge < -0.3 is 22.1 Å². The first-order chi connectivity index (χ1) is 19.7. The van der Waals surface area contributed by atoms with E-state index in [1.807, 2.05) is 12.1 Å². The van der Waals surface area contributed by atoms with E-state index in [1.165, 1.54) is 0 Å². The van der Waals surface area contributed by atoms with Crippen molar-refractivity contribution in [1.82, 2.24) is 15.6 Å². The molecule has 1 unspecified atom stereocenters. The molecule has 0 spiro atoms. The van der Waals surface area contributed by atoms with Crippen molar-refractivity contribution in [2.45, 2.75) is 31.3 Å². The normalized spacial score (nSPS) is 11.6. The predicted octanol–water partition coefficient (Wildman–Crippen LogP) is 4.17. The standard InChI is InChI=1S/C31H29Cl2N5O3/c32-24-10-6-22(7-11-24)29(23-8-12-25(33)13-9-23)31(41)38-26(15-21-5-14-27(34)36-18-21)30(40)37-17-20-3-1-19(2-4-20)16-28(35)39/h1-14,18,26,29H,15-17H2,(H2,34,36)(H2,35,39)(H,37,40)(H,38,41). The van der Waals surface area contributed by atoms with Crippen molar-refractivity contribution >= 4 is 46.7 Å². The van der Waals surface area contributed by atoms with Crippen LogP contribution >= 0.6 is 23.2 Å². The zero-order valence-electron chi connectivity index (χ0n) is 22.0. The first-order valence-electron chi connectivity index (χ1n) is 12.8. The number of nitrogens with one attached hydrogen (secondary N) is 2. The number of pyridine rings is 1. The number of aromatic nitrogens is 1. The zero-order chi connectivity index (χ0) is 29.4. The second kappa shape index (κ2) is 13.8. The highest BCUT2D eigenvalue weighted by atomic mass is 35.5. The SMILES string of the molecule is NC(=O)Cc1ccc(CNC(=O)C(Cc2ccc(N)nc2)NC(=O)C(c2ccc(Cl)cc2)c2ccc(Cl)cc2)cc1. The molecule has 0 radical (unpaired) electrons. The summed E-state index contributed by atoms with van der Waals surface area (Å²) in [6.07, 6.45) is 1.91. The summed E-state index contributed by atoms with van der Waals surface area (Å²) < 4.78 is 0. The fourth-order valence-electron chi connectivity index (χ4n) is 4.35. The van der Waals surface area contributed by atoms with Gasteiger partial charge in [-0.05, 0) is 58.1 Å². The number of anilines is 1. The molecule has 0 aliphatic carbocycles. The summed E-state index contributed by atoms with van der Waals surface area (Å²) in [5.74, 6) is -1.53. The van der Waals surface area contributed by atoms with Crippen LogP contribution in [0.4, 0.5) is 5.82 Å². The second-order valence-electron chi connectivity index (χ2n) is 9.57. The van der Waals surface area contributed by atoms with Crippen molar-refractivity contribution in [2.75, 3.05) is 5.73 Å². The number of benzene rings is 3. The number of hydrogen-bond acceptors (Lipinski definition) is 5. The van der Waals surface area contributed by atoms with Crippen LogP contribution in [-0.2, 0) is 33.8 Å². The van der Waals surface area contributed by atoms with Crippen molar-refractivity contribution in [1.29, 1.82) is 0 Å². The van der Waals surface area contributed by atoms with Gasteiger partial charge in [-0.25, -0.2) is 4.98 Å². The monoisotopic (exact) mass is 589 g/mol. The molecule has 0 saturated carbocycles. The second-order valence-corrected chi connectivity index (χ2v) is 10.4. The van der Waals surface area contributed by atoms with Gasteiger partial charge in [-0.2, -0.15) is 0 Å². The molecule has 1 atom stereocenters. The summed E-state index contributed by atoms with van der Waals surface area (Å²) in [7, 11) is 0. The number of rotatable bonds is 11. The lowest BCUT2D eigenvalue weighted by molar-refractivity contribution is -0.129. The summed E-state index contributed by atoms with van der Waals surface area (Å²) in [6, 6.07) is 23.7. The smallest absolute Gasteiger partial charge is 0.243 e. The van der Waals surface area contributed by atoms with Crippen LogP contribution in [0, 0.1) is 0 Å². The molecule has 0 aliphatic heterocycles. The molecule has 10 heteroatoms. The van der Waals surface area contributed by atoms with E-state index >= 15 is 0 Å². The Bertz CT molecular complexity index is 1450. The third kappa shape index (κ3) is 8.54. The minimum atomic E-state index is -0.913. The Morgan fingerprint density at radius 3 is 1.78 bits per heavy atom. The largest absolute Gasteiger partial charge is 0.384 e. The Morgan fingerprint density at radius 1 is 0.732 bits per heavy atom. The van der Waals surface area contributed by atoms with Gasteiger partial charge in [0.25, 0.3) is 0 Å². The highest BCUT2D eigenvalue weighted by molar-refractivity contribution is 6.30. The van der Waals surface area contributed by atoms with Crippen LogP contribution in [0.15, 0.2) is 91.1 Å². The van der Waals surface area contributed by atoms with Crippen LogP contribution in [0.1, 0.15) is 33.7 Å². The Balaban J connectivity index is 1.56. The maximum atomic E-state index is 13.8. The number of hydrogen-bond donors (Lipinski definition) is 4. The Labute approximate surface area is 248 Å². The number of primary amides is 1. The van der Waals surface area contributed by atoms with Gasteiger partial charge in [0.05, 0.1) is 12.3 Å². The van der Waals surface area contributed by atoms with Gasteiger partial charge in [0.2, 0.25) is 17.7 Å². The van der Waals surface area contributed by atoms with E-state index in [1.54, 1.807) is 79.0 Å². The molecule has 4 aromatic rings. The average Bonchev–Trinajstić information content (AvgIpc) is 2.95. The first-order valence-corrected chi connectivity index (χ1v) is 13.6. The lowest BCUT2D eigenvalue weighted by Gasteiger charge is -2.23. The topological polar surface area (TPSA) is 140 Å². The van der Waals surface area contributed by atoms with Crippen molar-refractivity contribution in [3.63, 3.8) is 0 Å². The van der Waals surface area contributed by atoms with Crippen LogP contribution in [0.2, 0.25) is 10.0 Å². The van der Waals surface area contributed by atoms with E-state index in [4.69, 9.17) is 34.7 Å². The number of halogens is 2. The highest BCUT2D eigenvalue weighted by Crippen LogP contribution is 2.28. The molecule has 0 aliphatic rings. The van der Waals surface area contributed by atoms with Crippen molar-refractivity contribution in [3.05, 3.63) is 129 Å². The van der Waals surface area contributed by atoms with Crippen LogP contribution in [0.3, 0.4) is 0 Å². The lowest BCUT2D eigenvalue weighted by Crippen LogP contribution is -2.49. The van der Waals surface area contributed by atoms with Crippen molar-refractivity contribution in [2.24, 2.45) is 5.73 Å². The lowest BCUT2D eigenvalue weighted by atomic mass is 9.90. The van der Waals surface area contributed by atoms with E-state index < -0.39 is 17.9 Å². The molecule has 1 aromatic heterocycles. The van der Waals surface area contributed by atoms with Gasteiger partial charge in [-0.3, -0.25) is 14.4 Å². The number of carbonyl (C=O) groups excluding carboxylic acids is 3. The molecular weight excluding hydrogens is 561 g/mol. The summed E-state index contributed by atoms with van der Waals surface area (Å²) in [4.78, 5) is 42.6. The molecule has 1 heterocycles. The summed E-state index contributed by atoms with van der Waals surface area (Å²) in [5.41, 5.74) is 14.7. The van der Waals surface area contributed by atoms with Gasteiger partial charge >= 0.3 is 0 Å². The number of carbonyl (C=O) groups is 3. The minimum absolute atomic E-state index is 0.138. The molecule has 0 saturated heterocycles. The fraction of sp³-hybridized carbons (Fsp3) is 0.161. The van der Waals surface area contributed by atoms with Crippen LogP contribution in [-0.4, -0.2) is 28.7 Å². The average molecular weight is 591 g/mol. The third-order valence-electron chi connectivity index (χ3n) is 6.46. The highest BCUT2D eigenvalue weighted by Gasteiger charge is 2.28. The van der Waals surface area contributed by atoms with Gasteiger partial charge in [-0.1, -0.05) is 77.8 Å². The molecule has 210 valence electrons. The van der Waals surface area contributed by atoms with Crippen LogP contribution < -0.4 is 22.1 Å². The number of nitrogen functional groups attached to an aromatic ring is 1. The van der Waals surface area contributed by atoms with E-state index in [9.17, 15) is 14.4 Å². The van der Waals surface area contributed by atoms with Gasteiger partial charge in [0, 0.05) is 29.2 Å². The maximum absolute atomic E-state index is 13.8. The molecule has 0 fully saturated rings. The number of nitrogens with two attached hydrogens (primary N) is 2. The Morgan fingerprint density at radius 2 is 1.27 bits per heavy atom. The van der Waals surface area contributed by atoms with E-state index in [0.29, 0.717) is 27.0 Å². The molecule has 41 heavy (non-hydrogen) atoms. The van der Waals surface area contributed by atoms with Crippen molar-refractivity contribution < 1.29 is 14.4 Å². The van der Waals surface area contributed by atoms with Gasteiger partial charge in [0.15, 0.2) is 0 Å². The van der Waals surface area contributed by atoms with Gasteiger partial charge in [-0.15, -0.1) is 0 Å². The van der Waals surface area contributed by atoms with Crippen LogP contribution in [0.5, 0.6) is 0 Å². The minimum Gasteiger partial charge on any atom is -0.384 e.